The topological polar surface area (TPSA) is 206 Å². The molecule has 0 amide bonds. The molecule has 12 aromatic rings. The molecule has 0 radical (unpaired) electrons. The first-order chi connectivity index (χ1) is 65.1. The van der Waals surface area contributed by atoms with Gasteiger partial charge >= 0.3 is 172 Å². The van der Waals surface area contributed by atoms with Gasteiger partial charge in [-0.15, -0.1) is 39.3 Å². The van der Waals surface area contributed by atoms with Crippen LogP contribution in [0.3, 0.4) is 0 Å². The zero-order valence-electron chi connectivity index (χ0n) is 83.7. The minimum atomic E-state index is -0.0944. The zero-order chi connectivity index (χ0) is 104. The van der Waals surface area contributed by atoms with Crippen LogP contribution in [-0.4, -0.2) is 72.9 Å². The fourth-order valence-corrected chi connectivity index (χ4v) is 21.9. The van der Waals surface area contributed by atoms with Crippen molar-refractivity contribution < 1.29 is 147 Å². The van der Waals surface area contributed by atoms with Gasteiger partial charge in [-0.05, 0) is 183 Å². The molecule has 0 saturated heterocycles. The Labute approximate surface area is 927 Å². The average molecular weight is 2290 g/mol. The Bertz CT molecular complexity index is 5460. The molecule has 12 rings (SSSR count). The summed E-state index contributed by atoms with van der Waals surface area (Å²) in [4.78, 5) is 0. The second-order valence-corrected chi connectivity index (χ2v) is 43.6. The monoisotopic (exact) mass is 2280 g/mol. The van der Waals surface area contributed by atoms with Gasteiger partial charge in [0, 0.05) is 43.0 Å². The van der Waals surface area contributed by atoms with E-state index in [1.54, 1.807) is 12.1 Å². The number of benzene rings is 12. The van der Waals surface area contributed by atoms with Crippen molar-refractivity contribution in [2.45, 2.75) is 192 Å². The van der Waals surface area contributed by atoms with Gasteiger partial charge in [-0.3, -0.25) is 0 Å². The fourth-order valence-electron chi connectivity index (χ4n) is 13.9. The van der Waals surface area contributed by atoms with Crippen LogP contribution in [0.4, 0.5) is 0 Å². The second-order valence-electron chi connectivity index (χ2n) is 35.7. The van der Waals surface area contributed by atoms with Crippen LogP contribution in [0, 0.1) is 48.5 Å². The van der Waals surface area contributed by atoms with Crippen molar-refractivity contribution in [3.63, 3.8) is 0 Å². The Morgan fingerprint density at radius 1 is 0.226 bits per heavy atom. The summed E-state index contributed by atoms with van der Waals surface area (Å²) >= 11 is 8.83. The van der Waals surface area contributed by atoms with E-state index >= 15 is 0 Å². The molecule has 0 saturated carbocycles. The summed E-state index contributed by atoms with van der Waals surface area (Å²) in [6, 6.07) is 76.1. The Morgan fingerprint density at radius 2 is 0.496 bits per heavy atom. The maximum absolute atomic E-state index is 11.0. The molecule has 0 aliphatic carbocycles. The number of nitrogens with zero attached hydrogens (tertiary/aromatic N) is 6. The zero-order valence-corrected chi connectivity index (χ0v) is 104. The number of hydrogen-bond acceptors (Lipinski definition) is 6. The third kappa shape index (κ3) is 46.0. The molecule has 12 nitrogen and oxygen atoms in total. The van der Waals surface area contributed by atoms with E-state index in [0.29, 0.717) is 86.0 Å². The fraction of sp³-hybridized carbons (Fsp3) is 0.327. The van der Waals surface area contributed by atoms with E-state index < -0.39 is 0 Å². The number of halogens is 6. The Hall–Kier alpha value is -2.19. The van der Waals surface area contributed by atoms with Crippen molar-refractivity contribution in [1.82, 2.24) is 0 Å². The molecule has 6 unspecified atom stereocenters. The standard InChI is InChI=1S/C22H31NOP.2C19H25NOP.2C16H19NOP.C15H17NOP.6ClH.6Ti/c1-21(2,3)16-12-17(22(4,5)6)20(24)19(13-16)25-18-11-9-8-10-15(18)14-23-7;1-13-10-15(19(2,3)4)11-17(18(13)21)22-16-9-7-6-8-14(16)12-20-5;1-13-10-15(19(2,3)4)18(21)17(11-13)22-16-9-7-6-8-14(16)12-20-5;1-11-6-5-9-14(15(11)18)19-16-12(2)7-4-8-13(16)10-17-3;1-11-7-8-14(18)15(9-11)19-16-12(2)5-4-6-13(16)10-17-3;1-11-6-5-7-12(10-16-2)15(11)18-14-9-4-3-8-13(14)17;;;;;;;;;;;;/h8-13,24-25H,14H2,1-7H3;2*6-11,21-22H,12H2,1-5H3;2*4-9,18-19H,10H2,1-3H3;3-9,17-18H,10H2,1-2H3;6*1H;;;;;;/q6*-1;;;;;;;6*+2/p-6. The van der Waals surface area contributed by atoms with Gasteiger partial charge in [-0.25, -0.2) is 0 Å². The van der Waals surface area contributed by atoms with Gasteiger partial charge in [-0.1, -0.05) is 362 Å². The summed E-state index contributed by atoms with van der Waals surface area (Å²) in [7, 11) is 41.6. The van der Waals surface area contributed by atoms with Gasteiger partial charge < -0.3 is 62.5 Å². The second kappa shape index (κ2) is 71.4. The van der Waals surface area contributed by atoms with E-state index in [9.17, 15) is 30.6 Å². The summed E-state index contributed by atoms with van der Waals surface area (Å²) in [6.07, 6.45) is 0. The van der Waals surface area contributed by atoms with Crippen LogP contribution in [-0.2, 0) is 177 Å². The van der Waals surface area contributed by atoms with Gasteiger partial charge in [-0.2, -0.15) is 42.3 Å². The Morgan fingerprint density at radius 3 is 0.861 bits per heavy atom. The molecule has 0 spiro atoms. The van der Waals surface area contributed by atoms with Crippen molar-refractivity contribution >= 4 is 171 Å². The minimum absolute atomic E-state index is 0.0468. The quantitative estimate of drug-likeness (QED) is 0.0256. The molecule has 0 fully saturated rings. The van der Waals surface area contributed by atoms with E-state index in [-0.39, 0.29) is 21.7 Å². The predicted octanol–water partition coefficient (Wildman–Crippen LogP) is 26.6. The molecule has 0 aliphatic heterocycles. The number of rotatable bonds is 24. The van der Waals surface area contributed by atoms with Crippen molar-refractivity contribution in [3.05, 3.63) is 351 Å². The van der Waals surface area contributed by atoms with E-state index in [0.717, 1.165) is 93.3 Å². The molecular weight excluding hydrogens is 2150 g/mol. The number of phenolic OH excluding ortho intramolecular Hbond substituents is 6. The molecule has 137 heavy (non-hydrogen) atoms. The van der Waals surface area contributed by atoms with Crippen LogP contribution in [0.15, 0.2) is 224 Å². The van der Waals surface area contributed by atoms with Crippen LogP contribution < -0.4 is 63.7 Å². The number of phenols is 6. The van der Waals surface area contributed by atoms with Crippen LogP contribution in [0.25, 0.3) is 31.9 Å². The summed E-state index contributed by atoms with van der Waals surface area (Å²) < 4.78 is 0. The number of aryl methyl sites for hydroxylation is 7. The molecule has 12 aromatic carbocycles. The number of para-hydroxylation sites is 2. The Kier molecular flexibility index (Phi) is 69.2. The van der Waals surface area contributed by atoms with Crippen LogP contribution >= 0.6 is 107 Å². The normalized spacial score (nSPS) is 11.1. The van der Waals surface area contributed by atoms with Gasteiger partial charge in [0.25, 0.3) is 0 Å². The number of hydrogen-bond donors (Lipinski definition) is 6. The molecule has 726 valence electrons. The summed E-state index contributed by atoms with van der Waals surface area (Å²) in [6.45, 7) is 44.9. The molecule has 0 aromatic heterocycles. The summed E-state index contributed by atoms with van der Waals surface area (Å²) in [5, 5.41) is 101. The molecule has 30 heteroatoms. The average Bonchev–Trinajstić information content (AvgIpc) is 0.791. The molecule has 0 bridgehead atoms. The predicted molar refractivity (Wildman–Crippen MR) is 594 cm³/mol. The van der Waals surface area contributed by atoms with Gasteiger partial charge in [0.1, 0.15) is 34.5 Å². The van der Waals surface area contributed by atoms with Crippen molar-refractivity contribution in [1.29, 1.82) is 0 Å². The first-order valence-corrected chi connectivity index (χ1v) is 62.6. The number of aromatic hydroxyl groups is 6. The molecule has 6 atom stereocenters. The third-order valence-electron chi connectivity index (χ3n) is 21.0. The van der Waals surface area contributed by atoms with Crippen molar-refractivity contribution in [3.8, 4) is 34.5 Å². The van der Waals surface area contributed by atoms with Gasteiger partial charge in [0.05, 0.1) is 0 Å². The van der Waals surface area contributed by atoms with Gasteiger partial charge in [0.2, 0.25) is 0 Å². The SMILES string of the molecule is C[N-]Cc1cccc(C)c1Pc1cc(C)ccc1O.C[N-]Cc1cccc(C)c1Pc1cccc(C)c1O.C[N-]Cc1cccc(C)c1Pc1ccccc1O.C[N-]Cc1ccccc1Pc1cc(C(C)(C)C)cc(C(C)(C)C)c1O.C[N-]Cc1ccccc1Pc1cc(C(C)(C)C)cc(C)c1O.C[N-]Cc1ccccc1Pc1cc(C)cc(C(C)(C)C)c1O.[Cl][Ti+].[Cl][Ti+].[Cl][Ti+].[Cl][Ti+].[Cl][Ti+].[Cl][Ti+]. The van der Waals surface area contributed by atoms with E-state index in [4.69, 9.17) is 0 Å². The van der Waals surface area contributed by atoms with E-state index in [1.165, 1.54) is 220 Å². The van der Waals surface area contributed by atoms with Gasteiger partial charge in [0.15, 0.2) is 0 Å². The maximum atomic E-state index is 11.0. The van der Waals surface area contributed by atoms with Crippen molar-refractivity contribution in [2.75, 3.05) is 42.3 Å². The van der Waals surface area contributed by atoms with Crippen LogP contribution in [0.5, 0.6) is 34.5 Å². The summed E-state index contributed by atoms with van der Waals surface area (Å²) in [5.41, 5.74) is 20.1. The van der Waals surface area contributed by atoms with Crippen LogP contribution in [0.1, 0.15) is 178 Å². The first kappa shape index (κ1) is 133. The van der Waals surface area contributed by atoms with E-state index in [1.807, 2.05) is 118 Å². The molecule has 0 aliphatic rings. The first-order valence-electron chi connectivity index (χ1n) is 43.7. The third-order valence-corrected chi connectivity index (χ3v) is 30.1. The van der Waals surface area contributed by atoms with Crippen molar-refractivity contribution in [2.24, 2.45) is 0 Å². The molecular formula is C107H136Cl6N6O6P6Ti6. The molecule has 0 heterocycles. The Balaban J connectivity index is 0.000000805. The van der Waals surface area contributed by atoms with Crippen LogP contribution in [0.2, 0.25) is 0 Å². The summed E-state index contributed by atoms with van der Waals surface area (Å²) in [5.74, 6) is 2.49. The van der Waals surface area contributed by atoms with E-state index in [2.05, 4.69) is 356 Å². The molecule has 6 N–H and O–H groups in total.